The molecule has 0 heterocycles. The second-order valence-corrected chi connectivity index (χ2v) is 5.55. The van der Waals surface area contributed by atoms with E-state index in [1.165, 1.54) is 0 Å². The summed E-state index contributed by atoms with van der Waals surface area (Å²) in [7, 11) is 0. The summed E-state index contributed by atoms with van der Waals surface area (Å²) in [6.07, 6.45) is 1.21. The van der Waals surface area contributed by atoms with Crippen molar-refractivity contribution in [2.24, 2.45) is 0 Å². The van der Waals surface area contributed by atoms with Crippen LogP contribution in [0.5, 0.6) is 11.5 Å². The Balaban J connectivity index is 1.84. The molecule has 0 aliphatic heterocycles. The number of benzene rings is 2. The Morgan fingerprint density at radius 3 is 2.28 bits per heavy atom. The molecular formula is C19H22N2O4. The summed E-state index contributed by atoms with van der Waals surface area (Å²) in [5.74, 6) is 0.159. The summed E-state index contributed by atoms with van der Waals surface area (Å²) in [5.41, 5.74) is 0.620. The van der Waals surface area contributed by atoms with Gasteiger partial charge >= 0.3 is 5.97 Å². The minimum Gasteiger partial charge on any atom is -0.480 e. The van der Waals surface area contributed by atoms with Crippen LogP contribution in [0.25, 0.3) is 0 Å². The number of para-hydroxylation sites is 1. The molecule has 0 saturated heterocycles. The van der Waals surface area contributed by atoms with E-state index in [2.05, 4.69) is 10.6 Å². The van der Waals surface area contributed by atoms with E-state index in [-0.39, 0.29) is 12.5 Å². The van der Waals surface area contributed by atoms with Crippen LogP contribution in [0.3, 0.4) is 0 Å². The molecule has 2 rings (SSSR count). The van der Waals surface area contributed by atoms with Gasteiger partial charge in [-0.05, 0) is 42.8 Å². The van der Waals surface area contributed by atoms with Gasteiger partial charge in [0.05, 0.1) is 6.54 Å². The number of nitrogens with one attached hydrogen (secondary N) is 2. The van der Waals surface area contributed by atoms with Crippen LogP contribution in [-0.2, 0) is 9.59 Å². The number of carbonyl (C=O) groups excluding carboxylic acids is 1. The molecule has 6 heteroatoms. The van der Waals surface area contributed by atoms with Gasteiger partial charge in [-0.2, -0.15) is 0 Å². The van der Waals surface area contributed by atoms with E-state index >= 15 is 0 Å². The van der Waals surface area contributed by atoms with E-state index < -0.39 is 12.0 Å². The number of rotatable bonds is 9. The highest BCUT2D eigenvalue weighted by Gasteiger charge is 2.16. The maximum atomic E-state index is 11.9. The molecular weight excluding hydrogens is 320 g/mol. The lowest BCUT2D eigenvalue weighted by Crippen LogP contribution is -2.41. The first-order valence-electron chi connectivity index (χ1n) is 8.17. The summed E-state index contributed by atoms with van der Waals surface area (Å²) < 4.78 is 5.68. The summed E-state index contributed by atoms with van der Waals surface area (Å²) in [5, 5.41) is 14.5. The molecule has 0 radical (unpaired) electrons. The van der Waals surface area contributed by atoms with Gasteiger partial charge in [0.1, 0.15) is 17.5 Å². The zero-order chi connectivity index (χ0) is 18.1. The van der Waals surface area contributed by atoms with E-state index in [1.54, 1.807) is 24.3 Å². The van der Waals surface area contributed by atoms with Crippen molar-refractivity contribution in [3.63, 3.8) is 0 Å². The first-order valence-corrected chi connectivity index (χ1v) is 8.17. The van der Waals surface area contributed by atoms with Gasteiger partial charge in [0, 0.05) is 5.69 Å². The first kappa shape index (κ1) is 18.5. The standard InChI is InChI=1S/C19H22N2O4/c1-2-6-17(19(23)24)20-13-18(22)21-14-9-11-16(12-10-14)25-15-7-4-3-5-8-15/h3-5,7-12,17,20H,2,6,13H2,1H3,(H,21,22)(H,23,24). The first-order chi connectivity index (χ1) is 12.1. The maximum absolute atomic E-state index is 11.9. The Hall–Kier alpha value is -2.86. The Morgan fingerprint density at radius 1 is 1.04 bits per heavy atom. The molecule has 1 amide bonds. The summed E-state index contributed by atoms with van der Waals surface area (Å²) >= 11 is 0. The van der Waals surface area contributed by atoms with Crippen molar-refractivity contribution < 1.29 is 19.4 Å². The molecule has 1 unspecified atom stereocenters. The second-order valence-electron chi connectivity index (χ2n) is 5.55. The fourth-order valence-corrected chi connectivity index (χ4v) is 2.25. The molecule has 0 fully saturated rings. The van der Waals surface area contributed by atoms with Gasteiger partial charge in [0.15, 0.2) is 0 Å². The zero-order valence-corrected chi connectivity index (χ0v) is 14.1. The molecule has 0 aliphatic rings. The van der Waals surface area contributed by atoms with Gasteiger partial charge in [0.2, 0.25) is 5.91 Å². The molecule has 6 nitrogen and oxygen atoms in total. The third-order valence-electron chi connectivity index (χ3n) is 3.50. The van der Waals surface area contributed by atoms with E-state index in [9.17, 15) is 9.59 Å². The smallest absolute Gasteiger partial charge is 0.320 e. The van der Waals surface area contributed by atoms with Gasteiger partial charge in [-0.15, -0.1) is 0 Å². The van der Waals surface area contributed by atoms with Gasteiger partial charge in [-0.3, -0.25) is 14.9 Å². The lowest BCUT2D eigenvalue weighted by atomic mass is 10.2. The molecule has 0 aromatic heterocycles. The van der Waals surface area contributed by atoms with E-state index in [1.807, 2.05) is 37.3 Å². The SMILES string of the molecule is CCCC(NCC(=O)Nc1ccc(Oc2ccccc2)cc1)C(=O)O. The highest BCUT2D eigenvalue weighted by molar-refractivity contribution is 5.92. The topological polar surface area (TPSA) is 87.7 Å². The van der Waals surface area contributed by atoms with Crippen molar-refractivity contribution in [3.05, 3.63) is 54.6 Å². The number of aliphatic carboxylic acids is 1. The monoisotopic (exact) mass is 342 g/mol. The Bertz CT molecular complexity index is 686. The number of hydrogen-bond donors (Lipinski definition) is 3. The van der Waals surface area contributed by atoms with Crippen molar-refractivity contribution >= 4 is 17.6 Å². The van der Waals surface area contributed by atoms with Crippen molar-refractivity contribution in [1.29, 1.82) is 0 Å². The molecule has 3 N–H and O–H groups in total. The molecule has 25 heavy (non-hydrogen) atoms. The fourth-order valence-electron chi connectivity index (χ4n) is 2.25. The number of carboxylic acids is 1. The van der Waals surface area contributed by atoms with Crippen LogP contribution in [0.2, 0.25) is 0 Å². The van der Waals surface area contributed by atoms with Crippen LogP contribution in [0, 0.1) is 0 Å². The molecule has 0 aliphatic carbocycles. The second kappa shape index (κ2) is 9.44. The fraction of sp³-hybridized carbons (Fsp3) is 0.263. The van der Waals surface area contributed by atoms with Crippen molar-refractivity contribution in [3.8, 4) is 11.5 Å². The molecule has 2 aromatic rings. The predicted octanol–water partition coefficient (Wildman–Crippen LogP) is 3.26. The predicted molar refractivity (Wildman–Crippen MR) is 95.9 cm³/mol. The summed E-state index contributed by atoms with van der Waals surface area (Å²) in [6, 6.07) is 15.7. The molecule has 2 aromatic carbocycles. The van der Waals surface area contributed by atoms with Gasteiger partial charge in [-0.1, -0.05) is 31.5 Å². The van der Waals surface area contributed by atoms with E-state index in [4.69, 9.17) is 9.84 Å². The lowest BCUT2D eigenvalue weighted by molar-refractivity contribution is -0.139. The van der Waals surface area contributed by atoms with Crippen molar-refractivity contribution in [2.45, 2.75) is 25.8 Å². The molecule has 132 valence electrons. The normalized spacial score (nSPS) is 11.6. The van der Waals surface area contributed by atoms with Gasteiger partial charge in [0.25, 0.3) is 0 Å². The minimum absolute atomic E-state index is 0.0563. The van der Waals surface area contributed by atoms with Crippen LogP contribution in [0.15, 0.2) is 54.6 Å². The summed E-state index contributed by atoms with van der Waals surface area (Å²) in [4.78, 5) is 23.0. The molecule has 0 saturated carbocycles. The van der Waals surface area contributed by atoms with Crippen LogP contribution in [-0.4, -0.2) is 29.6 Å². The van der Waals surface area contributed by atoms with Gasteiger partial charge in [-0.25, -0.2) is 0 Å². The molecule has 0 spiro atoms. The number of carbonyl (C=O) groups is 2. The minimum atomic E-state index is -0.947. The number of amides is 1. The van der Waals surface area contributed by atoms with E-state index in [0.717, 1.165) is 12.2 Å². The van der Waals surface area contributed by atoms with Gasteiger partial charge < -0.3 is 15.2 Å². The highest BCUT2D eigenvalue weighted by atomic mass is 16.5. The lowest BCUT2D eigenvalue weighted by Gasteiger charge is -2.13. The quantitative estimate of drug-likeness (QED) is 0.651. The van der Waals surface area contributed by atoms with Crippen molar-refractivity contribution in [2.75, 3.05) is 11.9 Å². The Kier molecular flexibility index (Phi) is 6.98. The number of hydrogen-bond acceptors (Lipinski definition) is 4. The van der Waals surface area contributed by atoms with Crippen LogP contribution < -0.4 is 15.4 Å². The highest BCUT2D eigenvalue weighted by Crippen LogP contribution is 2.22. The third kappa shape index (κ3) is 6.27. The molecule has 0 bridgehead atoms. The van der Waals surface area contributed by atoms with E-state index in [0.29, 0.717) is 17.9 Å². The number of ether oxygens (including phenoxy) is 1. The number of carboxylic acid groups (broad SMARTS) is 1. The average Bonchev–Trinajstić information content (AvgIpc) is 2.61. The summed E-state index contributed by atoms with van der Waals surface area (Å²) in [6.45, 7) is 1.84. The van der Waals surface area contributed by atoms with Crippen LogP contribution in [0.4, 0.5) is 5.69 Å². The number of anilines is 1. The van der Waals surface area contributed by atoms with Crippen molar-refractivity contribution in [1.82, 2.24) is 5.32 Å². The average molecular weight is 342 g/mol. The zero-order valence-electron chi connectivity index (χ0n) is 14.1. The Labute approximate surface area is 146 Å². The molecule has 1 atom stereocenters. The largest absolute Gasteiger partial charge is 0.480 e. The van der Waals surface area contributed by atoms with Crippen LogP contribution >= 0.6 is 0 Å². The third-order valence-corrected chi connectivity index (χ3v) is 3.50. The van der Waals surface area contributed by atoms with Crippen LogP contribution in [0.1, 0.15) is 19.8 Å². The maximum Gasteiger partial charge on any atom is 0.320 e. The Morgan fingerprint density at radius 2 is 1.68 bits per heavy atom.